The molecule has 0 bridgehead atoms. The highest BCUT2D eigenvalue weighted by Gasteiger charge is 2.12. The molecule has 0 heterocycles. The van der Waals surface area contributed by atoms with Crippen LogP contribution in [0.5, 0.6) is 5.75 Å². The number of hydrogen-bond acceptors (Lipinski definition) is 3. The highest BCUT2D eigenvalue weighted by Crippen LogP contribution is 2.27. The van der Waals surface area contributed by atoms with Crippen molar-refractivity contribution >= 4 is 11.9 Å². The van der Waals surface area contributed by atoms with Crippen molar-refractivity contribution in [2.24, 2.45) is 0 Å². The van der Waals surface area contributed by atoms with Crippen molar-refractivity contribution in [2.45, 2.75) is 0 Å². The number of ether oxygens (including phenoxy) is 1. The molecule has 0 saturated carbocycles. The van der Waals surface area contributed by atoms with Crippen LogP contribution in [0.3, 0.4) is 0 Å². The van der Waals surface area contributed by atoms with E-state index in [-0.39, 0.29) is 22.4 Å². The van der Waals surface area contributed by atoms with Gasteiger partial charge in [-0.2, -0.15) is 0 Å². The lowest BCUT2D eigenvalue weighted by Gasteiger charge is -2.08. The van der Waals surface area contributed by atoms with Gasteiger partial charge in [0.15, 0.2) is 0 Å². The van der Waals surface area contributed by atoms with Gasteiger partial charge in [0, 0.05) is 0 Å². The molecule has 0 spiro atoms. The van der Waals surface area contributed by atoms with Crippen molar-refractivity contribution in [1.82, 2.24) is 0 Å². The first kappa shape index (κ1) is 14.5. The van der Waals surface area contributed by atoms with Gasteiger partial charge in [-0.15, -0.1) is 0 Å². The zero-order chi connectivity index (χ0) is 15.6. The van der Waals surface area contributed by atoms with Gasteiger partial charge in [0.25, 0.3) is 0 Å². The smallest absolute Gasteiger partial charge is 0.335 e. The molecule has 2 aromatic carbocycles. The lowest BCUT2D eigenvalue weighted by Crippen LogP contribution is -2.00. The van der Waals surface area contributed by atoms with Crippen molar-refractivity contribution in [1.29, 1.82) is 0 Å². The Labute approximate surface area is 119 Å². The van der Waals surface area contributed by atoms with E-state index in [0.29, 0.717) is 5.56 Å². The van der Waals surface area contributed by atoms with Crippen LogP contribution in [0.15, 0.2) is 36.4 Å². The van der Waals surface area contributed by atoms with Gasteiger partial charge in [-0.3, -0.25) is 0 Å². The zero-order valence-corrected chi connectivity index (χ0v) is 11.0. The molecule has 2 aromatic rings. The van der Waals surface area contributed by atoms with Gasteiger partial charge in [0.2, 0.25) is 0 Å². The van der Waals surface area contributed by atoms with Crippen LogP contribution in [-0.4, -0.2) is 29.3 Å². The predicted octanol–water partition coefficient (Wildman–Crippen LogP) is 2.90. The molecule has 0 saturated heterocycles. The Kier molecular flexibility index (Phi) is 3.89. The number of carboxylic acids is 2. The molecular formula is C15H11FO5. The van der Waals surface area contributed by atoms with Crippen molar-refractivity contribution in [3.63, 3.8) is 0 Å². The molecule has 0 aliphatic rings. The third kappa shape index (κ3) is 3.17. The molecule has 21 heavy (non-hydrogen) atoms. The molecule has 108 valence electrons. The maximum Gasteiger partial charge on any atom is 0.335 e. The Morgan fingerprint density at radius 3 is 1.95 bits per heavy atom. The van der Waals surface area contributed by atoms with Gasteiger partial charge in [-0.05, 0) is 47.5 Å². The third-order valence-corrected chi connectivity index (χ3v) is 2.87. The largest absolute Gasteiger partial charge is 0.497 e. The summed E-state index contributed by atoms with van der Waals surface area (Å²) in [6, 6.07) is 7.45. The summed E-state index contributed by atoms with van der Waals surface area (Å²) < 4.78 is 18.5. The van der Waals surface area contributed by atoms with E-state index in [4.69, 9.17) is 14.9 Å². The molecule has 2 rings (SSSR count). The minimum atomic E-state index is -1.27. The number of carbonyl (C=O) groups is 2. The fourth-order valence-electron chi connectivity index (χ4n) is 1.89. The van der Waals surface area contributed by atoms with E-state index in [1.807, 2.05) is 0 Å². The minimum absolute atomic E-state index is 0.0366. The standard InChI is InChI=1S/C15H11FO5/c1-21-13-6-9(3-11(7-13)15(19)20)8-2-10(14(17)18)5-12(16)4-8/h2-7H,1H3,(H,17,18)(H,19,20). The Balaban J connectivity index is 2.63. The number of carboxylic acid groups (broad SMARTS) is 2. The first-order chi connectivity index (χ1) is 9.90. The molecular weight excluding hydrogens is 279 g/mol. The number of methoxy groups -OCH3 is 1. The maximum absolute atomic E-state index is 13.5. The van der Waals surface area contributed by atoms with Crippen molar-refractivity contribution in [3.8, 4) is 16.9 Å². The molecule has 0 aromatic heterocycles. The predicted molar refractivity (Wildman–Crippen MR) is 72.3 cm³/mol. The maximum atomic E-state index is 13.5. The van der Waals surface area contributed by atoms with E-state index in [0.717, 1.165) is 12.1 Å². The number of rotatable bonds is 4. The molecule has 0 aliphatic heterocycles. The van der Waals surface area contributed by atoms with Gasteiger partial charge < -0.3 is 14.9 Å². The van der Waals surface area contributed by atoms with Crippen LogP contribution < -0.4 is 4.74 Å². The molecule has 0 aliphatic carbocycles. The highest BCUT2D eigenvalue weighted by atomic mass is 19.1. The monoisotopic (exact) mass is 290 g/mol. The summed E-state index contributed by atoms with van der Waals surface area (Å²) >= 11 is 0. The Hall–Kier alpha value is -2.89. The summed E-state index contributed by atoms with van der Waals surface area (Å²) in [5.41, 5.74) is 0.359. The first-order valence-corrected chi connectivity index (χ1v) is 5.87. The van der Waals surface area contributed by atoms with Gasteiger partial charge in [0.1, 0.15) is 11.6 Å². The van der Waals surface area contributed by atoms with Crippen LogP contribution >= 0.6 is 0 Å². The molecule has 5 nitrogen and oxygen atoms in total. The van der Waals surface area contributed by atoms with Crippen molar-refractivity contribution in [2.75, 3.05) is 7.11 Å². The van der Waals surface area contributed by atoms with Crippen molar-refractivity contribution < 1.29 is 28.9 Å². The Morgan fingerprint density at radius 1 is 0.905 bits per heavy atom. The molecule has 6 heteroatoms. The summed E-state index contributed by atoms with van der Waals surface area (Å²) in [6.07, 6.45) is 0. The summed E-state index contributed by atoms with van der Waals surface area (Å²) in [5, 5.41) is 18.0. The SMILES string of the molecule is COc1cc(C(=O)O)cc(-c2cc(F)cc(C(=O)O)c2)c1. The van der Waals surface area contributed by atoms with Gasteiger partial charge in [-0.25, -0.2) is 14.0 Å². The number of halogens is 1. The Morgan fingerprint density at radius 2 is 1.43 bits per heavy atom. The van der Waals surface area contributed by atoms with Gasteiger partial charge >= 0.3 is 11.9 Å². The van der Waals surface area contributed by atoms with E-state index < -0.39 is 17.8 Å². The molecule has 0 amide bonds. The van der Waals surface area contributed by atoms with E-state index in [1.165, 1.54) is 31.4 Å². The van der Waals surface area contributed by atoms with Crippen LogP contribution in [0.2, 0.25) is 0 Å². The normalized spacial score (nSPS) is 10.2. The lowest BCUT2D eigenvalue weighted by atomic mass is 10.0. The van der Waals surface area contributed by atoms with Crippen LogP contribution in [0.4, 0.5) is 4.39 Å². The quantitative estimate of drug-likeness (QED) is 0.904. The molecule has 2 N–H and O–H groups in total. The second kappa shape index (κ2) is 5.62. The molecule has 0 fully saturated rings. The lowest BCUT2D eigenvalue weighted by molar-refractivity contribution is 0.0685. The number of benzene rings is 2. The van der Waals surface area contributed by atoms with Crippen LogP contribution in [0.25, 0.3) is 11.1 Å². The van der Waals surface area contributed by atoms with Crippen molar-refractivity contribution in [3.05, 3.63) is 53.3 Å². The molecule has 0 radical (unpaired) electrons. The van der Waals surface area contributed by atoms with E-state index >= 15 is 0 Å². The second-order valence-corrected chi connectivity index (χ2v) is 4.29. The fraction of sp³-hybridized carbons (Fsp3) is 0.0667. The number of aromatic carboxylic acids is 2. The molecule has 0 unspecified atom stereocenters. The van der Waals surface area contributed by atoms with E-state index in [2.05, 4.69) is 0 Å². The van der Waals surface area contributed by atoms with Crippen LogP contribution in [0, 0.1) is 5.82 Å². The minimum Gasteiger partial charge on any atom is -0.497 e. The fourth-order valence-corrected chi connectivity index (χ4v) is 1.89. The second-order valence-electron chi connectivity index (χ2n) is 4.29. The van der Waals surface area contributed by atoms with E-state index in [9.17, 15) is 14.0 Å². The van der Waals surface area contributed by atoms with Gasteiger partial charge in [-0.1, -0.05) is 0 Å². The highest BCUT2D eigenvalue weighted by molar-refractivity contribution is 5.92. The van der Waals surface area contributed by atoms with Gasteiger partial charge in [0.05, 0.1) is 18.2 Å². The summed E-state index contributed by atoms with van der Waals surface area (Å²) in [5.74, 6) is -2.86. The van der Waals surface area contributed by atoms with Crippen LogP contribution in [-0.2, 0) is 0 Å². The number of hydrogen-bond donors (Lipinski definition) is 2. The third-order valence-electron chi connectivity index (χ3n) is 2.87. The average molecular weight is 290 g/mol. The first-order valence-electron chi connectivity index (χ1n) is 5.87. The average Bonchev–Trinajstić information content (AvgIpc) is 2.45. The Bertz CT molecular complexity index is 724. The zero-order valence-electron chi connectivity index (χ0n) is 11.0. The summed E-state index contributed by atoms with van der Waals surface area (Å²) in [6.45, 7) is 0. The summed E-state index contributed by atoms with van der Waals surface area (Å²) in [7, 11) is 1.37. The summed E-state index contributed by atoms with van der Waals surface area (Å²) in [4.78, 5) is 22.0. The van der Waals surface area contributed by atoms with E-state index in [1.54, 1.807) is 0 Å². The topological polar surface area (TPSA) is 83.8 Å². The molecule has 0 atom stereocenters. The van der Waals surface area contributed by atoms with Crippen LogP contribution in [0.1, 0.15) is 20.7 Å².